The molecule has 8 heteroatoms. The average molecular weight is 433 g/mol. The standard InChI is InChI=1S/C23H36N4O4/c1-15(2)13-19(25-16(3)28)22(30)27-20(14-17-9-5-4-6-10-17)23(31)26-18-11-7-8-12-24-21(18)29/h4-6,9-10,15,18-21,24,29H,7-8,11-14H2,1-3H3,(H,25,28)(H,26,31)(H,27,30)/t18-,19-,20-,21?/m0/s1. The zero-order chi connectivity index (χ0) is 22.8. The Kier molecular flexibility index (Phi) is 9.94. The van der Waals surface area contributed by atoms with Crippen LogP contribution < -0.4 is 21.3 Å². The van der Waals surface area contributed by atoms with Crippen molar-refractivity contribution in [2.24, 2.45) is 5.92 Å². The van der Waals surface area contributed by atoms with Gasteiger partial charge in [-0.2, -0.15) is 0 Å². The first-order chi connectivity index (χ1) is 14.8. The van der Waals surface area contributed by atoms with Crippen molar-refractivity contribution < 1.29 is 19.5 Å². The molecule has 1 heterocycles. The van der Waals surface area contributed by atoms with Crippen LogP contribution in [0.1, 0.15) is 52.0 Å². The second-order valence-electron chi connectivity index (χ2n) is 8.64. The first-order valence-corrected chi connectivity index (χ1v) is 11.1. The molecule has 3 amide bonds. The van der Waals surface area contributed by atoms with Crippen LogP contribution in [0, 0.1) is 5.92 Å². The summed E-state index contributed by atoms with van der Waals surface area (Å²) in [6, 6.07) is 7.48. The van der Waals surface area contributed by atoms with E-state index in [0.29, 0.717) is 25.8 Å². The molecule has 0 radical (unpaired) electrons. The average Bonchev–Trinajstić information content (AvgIpc) is 2.91. The van der Waals surface area contributed by atoms with E-state index in [2.05, 4.69) is 21.3 Å². The van der Waals surface area contributed by atoms with E-state index in [1.54, 1.807) is 0 Å². The van der Waals surface area contributed by atoms with E-state index >= 15 is 0 Å². The van der Waals surface area contributed by atoms with Gasteiger partial charge in [0.05, 0.1) is 6.04 Å². The van der Waals surface area contributed by atoms with Gasteiger partial charge in [0.1, 0.15) is 18.3 Å². The fourth-order valence-corrected chi connectivity index (χ4v) is 3.75. The Morgan fingerprint density at radius 2 is 1.77 bits per heavy atom. The molecule has 172 valence electrons. The van der Waals surface area contributed by atoms with E-state index in [1.807, 2.05) is 44.2 Å². The van der Waals surface area contributed by atoms with Crippen molar-refractivity contribution in [2.75, 3.05) is 6.54 Å². The topological polar surface area (TPSA) is 120 Å². The van der Waals surface area contributed by atoms with Gasteiger partial charge in [-0.15, -0.1) is 0 Å². The summed E-state index contributed by atoms with van der Waals surface area (Å²) < 4.78 is 0. The second kappa shape index (κ2) is 12.4. The van der Waals surface area contributed by atoms with Gasteiger partial charge in [-0.3, -0.25) is 19.7 Å². The lowest BCUT2D eigenvalue weighted by Gasteiger charge is -2.27. The minimum Gasteiger partial charge on any atom is -0.376 e. The number of nitrogens with one attached hydrogen (secondary N) is 4. The molecule has 0 aliphatic carbocycles. The molecule has 1 unspecified atom stereocenters. The zero-order valence-corrected chi connectivity index (χ0v) is 18.7. The third-order valence-corrected chi connectivity index (χ3v) is 5.32. The minimum atomic E-state index is -0.826. The third-order valence-electron chi connectivity index (χ3n) is 5.32. The summed E-state index contributed by atoms with van der Waals surface area (Å²) in [4.78, 5) is 37.7. The molecule has 0 aromatic heterocycles. The number of amides is 3. The SMILES string of the molecule is CC(=O)N[C@@H](CC(C)C)C(=O)N[C@@H](Cc1ccccc1)C(=O)N[C@H]1CCCCNC1O. The van der Waals surface area contributed by atoms with Crippen LogP contribution in [0.5, 0.6) is 0 Å². The predicted molar refractivity (Wildman–Crippen MR) is 119 cm³/mol. The molecule has 0 saturated carbocycles. The maximum atomic E-state index is 13.1. The van der Waals surface area contributed by atoms with E-state index in [-0.39, 0.29) is 23.6 Å². The zero-order valence-electron chi connectivity index (χ0n) is 18.7. The first kappa shape index (κ1) is 24.8. The molecular formula is C23H36N4O4. The molecule has 4 atom stereocenters. The summed E-state index contributed by atoms with van der Waals surface area (Å²) >= 11 is 0. The monoisotopic (exact) mass is 432 g/mol. The van der Waals surface area contributed by atoms with Gasteiger partial charge in [-0.05, 0) is 43.7 Å². The second-order valence-corrected chi connectivity index (χ2v) is 8.64. The van der Waals surface area contributed by atoms with Gasteiger partial charge in [-0.1, -0.05) is 44.2 Å². The Labute approximate surface area is 184 Å². The molecular weight excluding hydrogens is 396 g/mol. The molecule has 1 fully saturated rings. The van der Waals surface area contributed by atoms with Gasteiger partial charge in [0.2, 0.25) is 17.7 Å². The van der Waals surface area contributed by atoms with Gasteiger partial charge in [-0.25, -0.2) is 0 Å². The van der Waals surface area contributed by atoms with Crippen LogP contribution in [-0.2, 0) is 20.8 Å². The van der Waals surface area contributed by atoms with Crippen LogP contribution in [0.4, 0.5) is 0 Å². The smallest absolute Gasteiger partial charge is 0.243 e. The molecule has 1 aromatic rings. The number of aliphatic hydroxyl groups excluding tert-OH is 1. The maximum Gasteiger partial charge on any atom is 0.243 e. The Balaban J connectivity index is 2.15. The van der Waals surface area contributed by atoms with Crippen LogP contribution in [-0.4, -0.2) is 53.7 Å². The van der Waals surface area contributed by atoms with Crippen molar-refractivity contribution in [2.45, 2.75) is 77.2 Å². The molecule has 0 bridgehead atoms. The van der Waals surface area contributed by atoms with Crippen molar-refractivity contribution in [1.29, 1.82) is 0 Å². The number of hydrogen-bond acceptors (Lipinski definition) is 5. The highest BCUT2D eigenvalue weighted by Gasteiger charge is 2.30. The number of benzene rings is 1. The van der Waals surface area contributed by atoms with Crippen molar-refractivity contribution in [3.8, 4) is 0 Å². The lowest BCUT2D eigenvalue weighted by atomic mass is 10.0. The van der Waals surface area contributed by atoms with Crippen LogP contribution in [0.2, 0.25) is 0 Å². The highest BCUT2D eigenvalue weighted by molar-refractivity contribution is 5.92. The summed E-state index contributed by atoms with van der Waals surface area (Å²) in [5, 5.41) is 21.7. The summed E-state index contributed by atoms with van der Waals surface area (Å²) in [6.45, 7) is 6.01. The summed E-state index contributed by atoms with van der Waals surface area (Å²) in [5.74, 6) is -0.843. The van der Waals surface area contributed by atoms with Gasteiger partial charge in [0.15, 0.2) is 0 Å². The summed E-state index contributed by atoms with van der Waals surface area (Å²) in [5.41, 5.74) is 0.905. The van der Waals surface area contributed by atoms with Crippen LogP contribution >= 0.6 is 0 Å². The summed E-state index contributed by atoms with van der Waals surface area (Å²) in [6.07, 6.45) is 2.44. The van der Waals surface area contributed by atoms with E-state index in [0.717, 1.165) is 18.4 Å². The molecule has 1 aromatic carbocycles. The minimum absolute atomic E-state index is 0.191. The molecule has 1 saturated heterocycles. The van der Waals surface area contributed by atoms with E-state index in [1.165, 1.54) is 6.92 Å². The highest BCUT2D eigenvalue weighted by atomic mass is 16.3. The molecule has 5 N–H and O–H groups in total. The fourth-order valence-electron chi connectivity index (χ4n) is 3.75. The van der Waals surface area contributed by atoms with Crippen LogP contribution in [0.25, 0.3) is 0 Å². The fraction of sp³-hybridized carbons (Fsp3) is 0.609. The maximum absolute atomic E-state index is 13.1. The van der Waals surface area contributed by atoms with Crippen molar-refractivity contribution >= 4 is 17.7 Å². The predicted octanol–water partition coefficient (Wildman–Crippen LogP) is 0.841. The largest absolute Gasteiger partial charge is 0.376 e. The summed E-state index contributed by atoms with van der Waals surface area (Å²) in [7, 11) is 0. The number of carbonyl (C=O) groups is 3. The van der Waals surface area contributed by atoms with E-state index in [4.69, 9.17) is 0 Å². The van der Waals surface area contributed by atoms with E-state index < -0.39 is 24.4 Å². The quantitative estimate of drug-likeness (QED) is 0.396. The Hall–Kier alpha value is -2.45. The van der Waals surface area contributed by atoms with Crippen LogP contribution in [0.3, 0.4) is 0 Å². The van der Waals surface area contributed by atoms with Gasteiger partial charge >= 0.3 is 0 Å². The number of carbonyl (C=O) groups excluding carboxylic acids is 3. The van der Waals surface area contributed by atoms with Crippen LogP contribution in [0.15, 0.2) is 30.3 Å². The van der Waals surface area contributed by atoms with Crippen molar-refractivity contribution in [1.82, 2.24) is 21.3 Å². The Bertz CT molecular complexity index is 726. The molecule has 1 aliphatic heterocycles. The lowest BCUT2D eigenvalue weighted by molar-refractivity contribution is -0.132. The molecule has 2 rings (SSSR count). The molecule has 1 aliphatic rings. The van der Waals surface area contributed by atoms with Gasteiger partial charge in [0, 0.05) is 13.3 Å². The number of aliphatic hydroxyl groups is 1. The third kappa shape index (κ3) is 8.67. The number of rotatable bonds is 9. The molecule has 31 heavy (non-hydrogen) atoms. The molecule has 0 spiro atoms. The van der Waals surface area contributed by atoms with Crippen molar-refractivity contribution in [3.63, 3.8) is 0 Å². The van der Waals surface area contributed by atoms with E-state index in [9.17, 15) is 19.5 Å². The Morgan fingerprint density at radius 3 is 2.42 bits per heavy atom. The normalized spacial score (nSPS) is 20.9. The lowest BCUT2D eigenvalue weighted by Crippen LogP contribution is -2.58. The highest BCUT2D eigenvalue weighted by Crippen LogP contribution is 2.11. The molecule has 8 nitrogen and oxygen atoms in total. The van der Waals surface area contributed by atoms with Gasteiger partial charge < -0.3 is 21.1 Å². The Morgan fingerprint density at radius 1 is 1.06 bits per heavy atom. The first-order valence-electron chi connectivity index (χ1n) is 11.1. The van der Waals surface area contributed by atoms with Crippen molar-refractivity contribution in [3.05, 3.63) is 35.9 Å². The number of hydrogen-bond donors (Lipinski definition) is 5. The van der Waals surface area contributed by atoms with Gasteiger partial charge in [0.25, 0.3) is 0 Å².